The normalized spacial score (nSPS) is 16.5. The number of aromatic nitrogens is 1. The first kappa shape index (κ1) is 13.2. The third-order valence-electron chi connectivity index (χ3n) is 2.79. The van der Waals surface area contributed by atoms with Crippen molar-refractivity contribution in [3.05, 3.63) is 23.9 Å². The van der Waals surface area contributed by atoms with Gasteiger partial charge in [0.05, 0.1) is 5.03 Å². The van der Waals surface area contributed by atoms with Gasteiger partial charge in [-0.25, -0.2) is 9.78 Å². The van der Waals surface area contributed by atoms with Gasteiger partial charge in [-0.15, -0.1) is 11.8 Å². The fourth-order valence-electron chi connectivity index (χ4n) is 1.85. The van der Waals surface area contributed by atoms with Crippen LogP contribution >= 0.6 is 11.8 Å². The van der Waals surface area contributed by atoms with Crippen molar-refractivity contribution in [1.29, 1.82) is 0 Å². The highest BCUT2D eigenvalue weighted by molar-refractivity contribution is 8.00. The largest absolute Gasteiger partial charge is 0.465 e. The molecule has 0 bridgehead atoms. The second-order valence-corrected chi connectivity index (χ2v) is 7.38. The van der Waals surface area contributed by atoms with Crippen molar-refractivity contribution in [1.82, 2.24) is 9.88 Å². The molecule has 0 aliphatic carbocycles. The zero-order chi connectivity index (χ0) is 13.3. The highest BCUT2D eigenvalue weighted by Crippen LogP contribution is 2.32. The summed E-state index contributed by atoms with van der Waals surface area (Å²) in [6, 6.07) is 4.08. The maximum Gasteiger partial charge on any atom is 0.407 e. The molecule has 1 aliphatic rings. The van der Waals surface area contributed by atoms with Crippen molar-refractivity contribution in [2.75, 3.05) is 13.1 Å². The summed E-state index contributed by atoms with van der Waals surface area (Å²) in [5, 5.41) is 9.79. The zero-order valence-corrected chi connectivity index (χ0v) is 11.7. The van der Waals surface area contributed by atoms with Gasteiger partial charge in [0.25, 0.3) is 0 Å². The fourth-order valence-corrected chi connectivity index (χ4v) is 2.72. The van der Waals surface area contributed by atoms with Crippen molar-refractivity contribution in [3.8, 4) is 0 Å². The van der Waals surface area contributed by atoms with E-state index in [1.807, 2.05) is 12.3 Å². The molecule has 5 heteroatoms. The summed E-state index contributed by atoms with van der Waals surface area (Å²) in [4.78, 5) is 16.5. The molecule has 0 aromatic carbocycles. The number of nitrogens with zero attached hydrogens (tertiary/aromatic N) is 2. The fraction of sp³-hybridized carbons (Fsp3) is 0.538. The highest BCUT2D eigenvalue weighted by Gasteiger charge is 2.31. The Hall–Kier alpha value is -1.23. The van der Waals surface area contributed by atoms with Gasteiger partial charge in [0.15, 0.2) is 0 Å². The second-order valence-electron chi connectivity index (χ2n) is 5.53. The molecular weight excluding hydrogens is 248 g/mol. The first-order valence-electron chi connectivity index (χ1n) is 5.98. The molecule has 0 radical (unpaired) electrons. The molecule has 2 rings (SSSR count). The number of pyridine rings is 1. The third kappa shape index (κ3) is 3.16. The molecule has 0 unspecified atom stereocenters. The average molecular weight is 266 g/mol. The third-order valence-corrected chi connectivity index (χ3v) is 3.86. The summed E-state index contributed by atoms with van der Waals surface area (Å²) in [5.74, 6) is 0.308. The summed E-state index contributed by atoms with van der Waals surface area (Å²) in [5.41, 5.74) is 1.13. The first-order chi connectivity index (χ1) is 8.35. The quantitative estimate of drug-likeness (QED) is 0.836. The minimum absolute atomic E-state index is 0.158. The topological polar surface area (TPSA) is 53.4 Å². The van der Waals surface area contributed by atoms with Crippen molar-refractivity contribution >= 4 is 17.9 Å². The van der Waals surface area contributed by atoms with Gasteiger partial charge in [-0.05, 0) is 11.6 Å². The minimum atomic E-state index is -0.834. The molecule has 1 amide bonds. The number of hydrogen-bond donors (Lipinski definition) is 1. The molecule has 1 aromatic heterocycles. The van der Waals surface area contributed by atoms with Gasteiger partial charge in [0.2, 0.25) is 0 Å². The molecular formula is C13H18N2O2S. The monoisotopic (exact) mass is 266 g/mol. The van der Waals surface area contributed by atoms with E-state index in [4.69, 9.17) is 5.11 Å². The molecule has 1 saturated heterocycles. The van der Waals surface area contributed by atoms with E-state index in [2.05, 4.69) is 31.8 Å². The maximum atomic E-state index is 10.7. The van der Waals surface area contributed by atoms with Crippen LogP contribution in [-0.4, -0.2) is 38.9 Å². The molecule has 18 heavy (non-hydrogen) atoms. The van der Waals surface area contributed by atoms with Gasteiger partial charge >= 0.3 is 6.09 Å². The number of amides is 1. The lowest BCUT2D eigenvalue weighted by Gasteiger charge is -2.37. The standard InChI is InChI=1S/C13H18N2O2S/c1-13(2,3)18-11-5-4-9(6-14-11)10-7-15(8-10)12(16)17/h4-6,10H,7-8H2,1-3H3,(H,16,17). The lowest BCUT2D eigenvalue weighted by atomic mass is 9.93. The van der Waals surface area contributed by atoms with Gasteiger partial charge in [-0.1, -0.05) is 26.8 Å². The Morgan fingerprint density at radius 1 is 1.44 bits per heavy atom. The SMILES string of the molecule is CC(C)(C)Sc1ccc(C2CN(C(=O)O)C2)cn1. The van der Waals surface area contributed by atoms with Gasteiger partial charge < -0.3 is 10.0 Å². The lowest BCUT2D eigenvalue weighted by molar-refractivity contribution is 0.105. The van der Waals surface area contributed by atoms with E-state index in [9.17, 15) is 4.79 Å². The van der Waals surface area contributed by atoms with Crippen LogP contribution in [0, 0.1) is 0 Å². The molecule has 4 nitrogen and oxygen atoms in total. The van der Waals surface area contributed by atoms with E-state index in [-0.39, 0.29) is 4.75 Å². The van der Waals surface area contributed by atoms with E-state index >= 15 is 0 Å². The summed E-state index contributed by atoms with van der Waals surface area (Å²) in [6.07, 6.45) is 1.04. The van der Waals surface area contributed by atoms with E-state index in [1.165, 1.54) is 4.90 Å². The second kappa shape index (κ2) is 4.80. The Morgan fingerprint density at radius 3 is 2.56 bits per heavy atom. The molecule has 1 aliphatic heterocycles. The predicted molar refractivity (Wildman–Crippen MR) is 72.2 cm³/mol. The van der Waals surface area contributed by atoms with E-state index in [0.29, 0.717) is 19.0 Å². The Bertz CT molecular complexity index is 433. The van der Waals surface area contributed by atoms with E-state index < -0.39 is 6.09 Å². The molecule has 2 heterocycles. The van der Waals surface area contributed by atoms with Crippen LogP contribution in [0.4, 0.5) is 4.79 Å². The number of thioether (sulfide) groups is 1. The Morgan fingerprint density at radius 2 is 2.11 bits per heavy atom. The average Bonchev–Trinajstić information content (AvgIpc) is 2.15. The number of carbonyl (C=O) groups is 1. The van der Waals surface area contributed by atoms with Crippen LogP contribution in [-0.2, 0) is 0 Å². The van der Waals surface area contributed by atoms with Crippen LogP contribution in [0.15, 0.2) is 23.4 Å². The summed E-state index contributed by atoms with van der Waals surface area (Å²) < 4.78 is 0.158. The summed E-state index contributed by atoms with van der Waals surface area (Å²) >= 11 is 1.74. The molecule has 1 N–H and O–H groups in total. The van der Waals surface area contributed by atoms with Crippen LogP contribution in [0.25, 0.3) is 0 Å². The zero-order valence-electron chi connectivity index (χ0n) is 10.9. The van der Waals surface area contributed by atoms with Gasteiger partial charge in [-0.2, -0.15) is 0 Å². The molecule has 0 atom stereocenters. The molecule has 0 saturated carbocycles. The number of hydrogen-bond acceptors (Lipinski definition) is 3. The number of likely N-dealkylation sites (tertiary alicyclic amines) is 1. The summed E-state index contributed by atoms with van der Waals surface area (Å²) in [7, 11) is 0. The van der Waals surface area contributed by atoms with Crippen molar-refractivity contribution in [2.45, 2.75) is 36.5 Å². The maximum absolute atomic E-state index is 10.7. The van der Waals surface area contributed by atoms with E-state index in [0.717, 1.165) is 10.6 Å². The minimum Gasteiger partial charge on any atom is -0.465 e. The Labute approximate surface area is 111 Å². The smallest absolute Gasteiger partial charge is 0.407 e. The van der Waals surface area contributed by atoms with Crippen LogP contribution in [0.1, 0.15) is 32.3 Å². The highest BCUT2D eigenvalue weighted by atomic mass is 32.2. The molecule has 98 valence electrons. The Kier molecular flexibility index (Phi) is 3.52. The van der Waals surface area contributed by atoms with Gasteiger partial charge in [-0.3, -0.25) is 0 Å². The molecule has 1 aromatic rings. The summed E-state index contributed by atoms with van der Waals surface area (Å²) in [6.45, 7) is 7.64. The number of rotatable bonds is 2. The van der Waals surface area contributed by atoms with Gasteiger partial charge in [0, 0.05) is 30.0 Å². The van der Waals surface area contributed by atoms with Crippen LogP contribution < -0.4 is 0 Å². The van der Waals surface area contributed by atoms with Crippen molar-refractivity contribution in [3.63, 3.8) is 0 Å². The molecule has 1 fully saturated rings. The lowest BCUT2D eigenvalue weighted by Crippen LogP contribution is -2.47. The van der Waals surface area contributed by atoms with Crippen LogP contribution in [0.5, 0.6) is 0 Å². The predicted octanol–water partition coefficient (Wildman–Crippen LogP) is 3.05. The first-order valence-corrected chi connectivity index (χ1v) is 6.79. The van der Waals surface area contributed by atoms with Gasteiger partial charge in [0.1, 0.15) is 0 Å². The Balaban J connectivity index is 1.95. The van der Waals surface area contributed by atoms with Crippen molar-refractivity contribution in [2.24, 2.45) is 0 Å². The molecule has 0 spiro atoms. The number of carboxylic acid groups (broad SMARTS) is 1. The van der Waals surface area contributed by atoms with Crippen LogP contribution in [0.3, 0.4) is 0 Å². The van der Waals surface area contributed by atoms with E-state index in [1.54, 1.807) is 11.8 Å². The van der Waals surface area contributed by atoms with Crippen molar-refractivity contribution < 1.29 is 9.90 Å². The van der Waals surface area contributed by atoms with Crippen LogP contribution in [0.2, 0.25) is 0 Å².